The van der Waals surface area contributed by atoms with E-state index in [4.69, 9.17) is 4.74 Å². The molecule has 0 aliphatic carbocycles. The zero-order valence-corrected chi connectivity index (χ0v) is 17.7. The first-order chi connectivity index (χ1) is 13.3. The lowest BCUT2D eigenvalue weighted by Gasteiger charge is -2.21. The van der Waals surface area contributed by atoms with Crippen LogP contribution < -0.4 is 31.2 Å². The van der Waals surface area contributed by atoms with Crippen molar-refractivity contribution in [2.75, 3.05) is 18.6 Å². The smallest absolute Gasteiger partial charge is 0.285 e. The topological polar surface area (TPSA) is 16.4 Å². The number of anilines is 1. The highest BCUT2D eigenvalue weighted by Crippen LogP contribution is 2.36. The van der Waals surface area contributed by atoms with Crippen molar-refractivity contribution in [3.63, 3.8) is 0 Å². The van der Waals surface area contributed by atoms with Crippen LogP contribution in [0.25, 0.3) is 21.7 Å². The molecule has 0 radical (unpaired) electrons. The molecule has 3 aromatic carbocycles. The van der Waals surface area contributed by atoms with Crippen molar-refractivity contribution in [1.82, 2.24) is 0 Å². The Morgan fingerprint density at radius 3 is 2.21 bits per heavy atom. The summed E-state index contributed by atoms with van der Waals surface area (Å²) in [5, 5.41) is 3.98. The Labute approximate surface area is 175 Å². The quantitative estimate of drug-likeness (QED) is 0.361. The molecule has 5 rings (SSSR count). The molecule has 0 saturated heterocycles. The molecule has 0 fully saturated rings. The highest BCUT2D eigenvalue weighted by Gasteiger charge is 2.36. The van der Waals surface area contributed by atoms with Gasteiger partial charge >= 0.3 is 0 Å². The Hall–Kier alpha value is -2.59. The van der Waals surface area contributed by atoms with E-state index in [-0.39, 0.29) is 17.0 Å². The minimum atomic E-state index is 0. The van der Waals surface area contributed by atoms with Crippen LogP contribution in [0.2, 0.25) is 0 Å². The van der Waals surface area contributed by atoms with Gasteiger partial charge in [-0.2, -0.15) is 0 Å². The summed E-state index contributed by atoms with van der Waals surface area (Å²) in [4.78, 5) is 2.54. The summed E-state index contributed by atoms with van der Waals surface area (Å²) < 4.78 is 7.80. The number of para-hydroxylation sites is 1. The lowest BCUT2D eigenvalue weighted by molar-refractivity contribution is -0.643. The van der Waals surface area contributed by atoms with Crippen molar-refractivity contribution in [2.45, 2.75) is 19.5 Å². The van der Waals surface area contributed by atoms with Crippen LogP contribution in [0, 0.1) is 0 Å². The number of benzene rings is 3. The molecular weight excluding hydrogens is 412 g/mol. The Morgan fingerprint density at radius 2 is 1.50 bits per heavy atom. The number of hydrogen-bond acceptors (Lipinski definition) is 2. The number of pyridine rings is 1. The molecule has 0 saturated carbocycles. The third-order valence-corrected chi connectivity index (χ3v) is 5.81. The average Bonchev–Trinajstić information content (AvgIpc) is 3.19. The molecule has 0 spiro atoms. The van der Waals surface area contributed by atoms with Gasteiger partial charge in [0.05, 0.1) is 12.5 Å². The van der Waals surface area contributed by atoms with Crippen molar-refractivity contribution < 1.29 is 26.3 Å². The standard InChI is InChI=1S/C24H23N2O.BrH/c1-17(18-11-13-19(27-2)14-12-18)25-15-16-26-23-10-6-5-8-21(23)20-7-3-4-9-22(20)24(25)26;/h3-14,17H,15-16H2,1-2H3;1H/q+1;/p-1/t17-;/m1./s1. The first-order valence-electron chi connectivity index (χ1n) is 9.52. The number of nitrogens with zero attached hydrogens (tertiary/aromatic N) is 2. The Bertz CT molecular complexity index is 1140. The molecule has 0 unspecified atom stereocenters. The van der Waals surface area contributed by atoms with E-state index in [1.54, 1.807) is 7.11 Å². The molecule has 28 heavy (non-hydrogen) atoms. The predicted molar refractivity (Wildman–Crippen MR) is 110 cm³/mol. The van der Waals surface area contributed by atoms with Crippen molar-refractivity contribution in [3.8, 4) is 5.75 Å². The molecule has 1 aliphatic rings. The van der Waals surface area contributed by atoms with Crippen LogP contribution in [-0.4, -0.2) is 13.7 Å². The number of aromatic nitrogens is 1. The van der Waals surface area contributed by atoms with E-state index < -0.39 is 0 Å². The molecule has 2 heterocycles. The summed E-state index contributed by atoms with van der Waals surface area (Å²) in [5.74, 6) is 2.23. The Balaban J connectivity index is 0.00000192. The van der Waals surface area contributed by atoms with Crippen LogP contribution in [-0.2, 0) is 6.54 Å². The minimum Gasteiger partial charge on any atom is -1.00 e. The summed E-state index contributed by atoms with van der Waals surface area (Å²) in [6, 6.07) is 26.3. The van der Waals surface area contributed by atoms with Crippen molar-refractivity contribution >= 4 is 27.5 Å². The molecule has 0 amide bonds. The molecule has 4 aromatic rings. The molecule has 0 N–H and O–H groups in total. The molecule has 1 atom stereocenters. The molecule has 4 heteroatoms. The third-order valence-electron chi connectivity index (χ3n) is 5.81. The number of ether oxygens (including phenoxy) is 1. The monoisotopic (exact) mass is 434 g/mol. The number of halogens is 1. The Kier molecular flexibility index (Phi) is 4.98. The lowest BCUT2D eigenvalue weighted by atomic mass is 10.0. The maximum absolute atomic E-state index is 5.32. The fourth-order valence-corrected chi connectivity index (χ4v) is 4.40. The third kappa shape index (κ3) is 2.83. The van der Waals surface area contributed by atoms with Crippen LogP contribution in [0.3, 0.4) is 0 Å². The average molecular weight is 435 g/mol. The van der Waals surface area contributed by atoms with E-state index in [2.05, 4.69) is 89.2 Å². The van der Waals surface area contributed by atoms with Crippen molar-refractivity contribution in [1.29, 1.82) is 0 Å². The van der Waals surface area contributed by atoms with E-state index >= 15 is 0 Å². The second-order valence-electron chi connectivity index (χ2n) is 7.18. The largest absolute Gasteiger partial charge is 1.00 e. The van der Waals surface area contributed by atoms with Crippen LogP contribution >= 0.6 is 0 Å². The molecule has 142 valence electrons. The van der Waals surface area contributed by atoms with Gasteiger partial charge in [0, 0.05) is 10.8 Å². The maximum atomic E-state index is 5.32. The van der Waals surface area contributed by atoms with Crippen molar-refractivity contribution in [2.24, 2.45) is 0 Å². The molecule has 3 nitrogen and oxygen atoms in total. The summed E-state index contributed by atoms with van der Waals surface area (Å²) in [5.41, 5.74) is 2.62. The zero-order chi connectivity index (χ0) is 18.4. The highest BCUT2D eigenvalue weighted by atomic mass is 79.9. The van der Waals surface area contributed by atoms with Gasteiger partial charge in [-0.3, -0.25) is 4.90 Å². The van der Waals surface area contributed by atoms with Gasteiger partial charge in [-0.1, -0.05) is 48.5 Å². The molecule has 0 bridgehead atoms. The summed E-state index contributed by atoms with van der Waals surface area (Å²) in [7, 11) is 1.71. The van der Waals surface area contributed by atoms with Gasteiger partial charge in [-0.25, -0.2) is 4.57 Å². The fraction of sp³-hybridized carbons (Fsp3) is 0.208. The van der Waals surface area contributed by atoms with Crippen LogP contribution in [0.5, 0.6) is 5.75 Å². The van der Waals surface area contributed by atoms with E-state index in [0.29, 0.717) is 6.04 Å². The van der Waals surface area contributed by atoms with Gasteiger partial charge in [0.2, 0.25) is 0 Å². The molecular formula is C24H23BrN2O. The molecule has 1 aliphatic heterocycles. The summed E-state index contributed by atoms with van der Waals surface area (Å²) >= 11 is 0. The normalized spacial score (nSPS) is 14.0. The van der Waals surface area contributed by atoms with Crippen LogP contribution in [0.1, 0.15) is 18.5 Å². The predicted octanol–water partition coefficient (Wildman–Crippen LogP) is 1.87. The highest BCUT2D eigenvalue weighted by molar-refractivity contribution is 6.08. The van der Waals surface area contributed by atoms with Gasteiger partial charge in [0.25, 0.3) is 5.82 Å². The van der Waals surface area contributed by atoms with Gasteiger partial charge in [-0.15, -0.1) is 0 Å². The van der Waals surface area contributed by atoms with Crippen LogP contribution in [0.4, 0.5) is 5.82 Å². The first-order valence-corrected chi connectivity index (χ1v) is 9.52. The number of rotatable bonds is 3. The second-order valence-corrected chi connectivity index (χ2v) is 7.18. The van der Waals surface area contributed by atoms with Gasteiger partial charge in [-0.05, 0) is 36.8 Å². The van der Waals surface area contributed by atoms with E-state index in [0.717, 1.165) is 18.8 Å². The van der Waals surface area contributed by atoms with Gasteiger partial charge in [0.15, 0.2) is 0 Å². The zero-order valence-electron chi connectivity index (χ0n) is 16.1. The van der Waals surface area contributed by atoms with E-state index in [9.17, 15) is 0 Å². The molecule has 1 aromatic heterocycles. The van der Waals surface area contributed by atoms with Crippen LogP contribution in [0.15, 0.2) is 72.8 Å². The van der Waals surface area contributed by atoms with Gasteiger partial charge < -0.3 is 21.7 Å². The van der Waals surface area contributed by atoms with E-state index in [1.807, 2.05) is 0 Å². The van der Waals surface area contributed by atoms with Gasteiger partial charge in [0.1, 0.15) is 30.4 Å². The SMILES string of the molecule is COc1ccc([C@@H](C)N2CC[n+]3c2c2ccccc2c2ccccc23)cc1.[Br-]. The number of methoxy groups -OCH3 is 1. The maximum Gasteiger partial charge on any atom is 0.285 e. The lowest BCUT2D eigenvalue weighted by Crippen LogP contribution is -3.00. The number of hydrogen-bond donors (Lipinski definition) is 0. The number of fused-ring (bicyclic) bond motifs is 6. The first kappa shape index (κ1) is 18.8. The van der Waals surface area contributed by atoms with Crippen molar-refractivity contribution in [3.05, 3.63) is 78.4 Å². The fourth-order valence-electron chi connectivity index (χ4n) is 4.40. The second kappa shape index (κ2) is 7.44. The van der Waals surface area contributed by atoms with E-state index in [1.165, 1.54) is 33.1 Å². The summed E-state index contributed by atoms with van der Waals surface area (Å²) in [6.45, 7) is 4.33. The minimum absolute atomic E-state index is 0. The summed E-state index contributed by atoms with van der Waals surface area (Å²) in [6.07, 6.45) is 0. The Morgan fingerprint density at radius 1 is 0.857 bits per heavy atom.